The van der Waals surface area contributed by atoms with Crippen LogP contribution in [-0.2, 0) is 0 Å². The molecule has 0 aromatic rings. The lowest BCUT2D eigenvalue weighted by Crippen LogP contribution is -1.80. The predicted molar refractivity (Wildman–Crippen MR) is 37.7 cm³/mol. The van der Waals surface area contributed by atoms with Crippen molar-refractivity contribution in [3.05, 3.63) is 0 Å². The second-order valence-electron chi connectivity index (χ2n) is 1.71. The van der Waals surface area contributed by atoms with Gasteiger partial charge in [0.2, 0.25) is 0 Å². The Balaban J connectivity index is 0. The lowest BCUT2D eigenvalue weighted by molar-refractivity contribution is 0.824. The third-order valence-electron chi connectivity index (χ3n) is 0.957. The summed E-state index contributed by atoms with van der Waals surface area (Å²) in [5.74, 6) is 0. The summed E-state index contributed by atoms with van der Waals surface area (Å²) >= 11 is 0. The van der Waals surface area contributed by atoms with E-state index in [1.165, 1.54) is 12.5 Å². The van der Waals surface area contributed by atoms with E-state index in [0.29, 0.717) is 9.52 Å². The summed E-state index contributed by atoms with van der Waals surface area (Å²) in [5, 5.41) is 0. The molecule has 0 atom stereocenters. The van der Waals surface area contributed by atoms with Crippen molar-refractivity contribution < 1.29 is 5.48 Å². The zero-order chi connectivity index (χ0) is 4.83. The maximum Gasteiger partial charge on any atom is 0.0195 e. The fourth-order valence-corrected chi connectivity index (χ4v) is 1.50. The highest BCUT2D eigenvalue weighted by Gasteiger charge is 1.76. The van der Waals surface area contributed by atoms with Crippen LogP contribution in [0, 0.1) is 0 Å². The first kappa shape index (κ1) is 10.2. The van der Waals surface area contributed by atoms with Crippen LogP contribution < -0.4 is 0 Å². The second kappa shape index (κ2) is 9.49. The van der Waals surface area contributed by atoms with Crippen molar-refractivity contribution in [1.82, 2.24) is 0 Å². The molecule has 0 heterocycles. The van der Waals surface area contributed by atoms with Crippen LogP contribution in [-0.4, -0.2) is 15.0 Å². The van der Waals surface area contributed by atoms with Crippen LogP contribution in [0.3, 0.4) is 0 Å². The minimum atomic E-state index is 0. The fraction of sp³-hybridized carbons (Fsp3) is 1.00. The molecule has 0 amide bonds. The molecule has 0 radical (unpaired) electrons. The van der Waals surface area contributed by atoms with E-state index in [-0.39, 0.29) is 5.48 Å². The minimum absolute atomic E-state index is 0. The molecule has 0 aromatic heterocycles. The average molecular weight is 120 g/mol. The van der Waals surface area contributed by atoms with E-state index in [1.54, 1.807) is 6.04 Å². The smallest absolute Gasteiger partial charge is 0.0195 e. The van der Waals surface area contributed by atoms with Crippen LogP contribution in [0.4, 0.5) is 0 Å². The lowest BCUT2D eigenvalue weighted by atomic mass is 10.6. The first-order valence-corrected chi connectivity index (χ1v) is 4.91. The summed E-state index contributed by atoms with van der Waals surface area (Å²) < 4.78 is 0. The fourth-order valence-electron chi connectivity index (χ4n) is 0.500. The summed E-state index contributed by atoms with van der Waals surface area (Å²) in [5.41, 5.74) is 0. The molecule has 0 aliphatic rings. The molecule has 1 nitrogen and oxygen atoms in total. The highest BCUT2D eigenvalue weighted by Crippen LogP contribution is 1.86. The summed E-state index contributed by atoms with van der Waals surface area (Å²) in [4.78, 5) is 0. The monoisotopic (exact) mass is 120 g/mol. The number of rotatable bonds is 3. The van der Waals surface area contributed by atoms with E-state index in [0.717, 1.165) is 0 Å². The van der Waals surface area contributed by atoms with Crippen molar-refractivity contribution in [3.63, 3.8) is 0 Å². The first-order chi connectivity index (χ1) is 2.91. The molecular weight excluding hydrogens is 104 g/mol. The summed E-state index contributed by atoms with van der Waals surface area (Å²) in [6, 6.07) is 3.05. The van der Waals surface area contributed by atoms with Gasteiger partial charge in [-0.1, -0.05) is 32.4 Å². The predicted octanol–water partition coefficient (Wildman–Crippen LogP) is 0.597. The van der Waals surface area contributed by atoms with E-state index in [1.807, 2.05) is 0 Å². The summed E-state index contributed by atoms with van der Waals surface area (Å²) in [7, 11) is 0.422. The van der Waals surface area contributed by atoms with Crippen LogP contribution in [0.5, 0.6) is 0 Å². The first-order valence-electron chi connectivity index (χ1n) is 2.91. The van der Waals surface area contributed by atoms with Gasteiger partial charge in [0.05, 0.1) is 0 Å². The Bertz CT molecular complexity index is 20.0. The molecule has 0 spiro atoms. The molecule has 0 rings (SSSR count). The van der Waals surface area contributed by atoms with Crippen LogP contribution in [0.25, 0.3) is 0 Å². The van der Waals surface area contributed by atoms with Gasteiger partial charge in [0.15, 0.2) is 0 Å². The van der Waals surface area contributed by atoms with Gasteiger partial charge in [0, 0.05) is 9.52 Å². The SMILES string of the molecule is CCC[SiH2]CC.O. The zero-order valence-corrected chi connectivity index (χ0v) is 6.74. The van der Waals surface area contributed by atoms with Crippen LogP contribution in [0.1, 0.15) is 20.3 Å². The molecule has 0 aliphatic carbocycles. The van der Waals surface area contributed by atoms with Crippen LogP contribution in [0.2, 0.25) is 12.1 Å². The highest BCUT2D eigenvalue weighted by molar-refractivity contribution is 6.35. The maximum atomic E-state index is 2.29. The normalized spacial score (nSPS) is 9.43. The molecule has 0 saturated carbocycles. The van der Waals surface area contributed by atoms with Crippen molar-refractivity contribution in [2.45, 2.75) is 32.4 Å². The Labute approximate surface area is 48.3 Å². The maximum absolute atomic E-state index is 2.29. The molecule has 0 saturated heterocycles. The summed E-state index contributed by atoms with van der Waals surface area (Å²) in [6.45, 7) is 4.56. The second-order valence-corrected chi connectivity index (χ2v) is 4.12. The molecule has 0 aromatic carbocycles. The zero-order valence-electron chi connectivity index (χ0n) is 5.33. The van der Waals surface area contributed by atoms with Gasteiger partial charge >= 0.3 is 0 Å². The lowest BCUT2D eigenvalue weighted by Gasteiger charge is -1.84. The molecular formula is C5H16OSi. The van der Waals surface area contributed by atoms with Gasteiger partial charge in [0.25, 0.3) is 0 Å². The largest absolute Gasteiger partial charge is 0.412 e. The van der Waals surface area contributed by atoms with Gasteiger partial charge in [-0.3, -0.25) is 0 Å². The van der Waals surface area contributed by atoms with Gasteiger partial charge in [-0.15, -0.1) is 0 Å². The number of hydrogen-bond donors (Lipinski definition) is 0. The van der Waals surface area contributed by atoms with Crippen LogP contribution in [0.15, 0.2) is 0 Å². The highest BCUT2D eigenvalue weighted by atomic mass is 28.2. The van der Waals surface area contributed by atoms with E-state index in [2.05, 4.69) is 13.8 Å². The van der Waals surface area contributed by atoms with E-state index >= 15 is 0 Å². The molecule has 0 fully saturated rings. The quantitative estimate of drug-likeness (QED) is 0.386. The van der Waals surface area contributed by atoms with Gasteiger partial charge in [-0.05, 0) is 0 Å². The third-order valence-corrected chi connectivity index (χ3v) is 2.87. The van der Waals surface area contributed by atoms with E-state index in [4.69, 9.17) is 0 Å². The average Bonchev–Trinajstić information content (AvgIpc) is 1.61. The van der Waals surface area contributed by atoms with Crippen molar-refractivity contribution in [3.8, 4) is 0 Å². The van der Waals surface area contributed by atoms with Gasteiger partial charge in [0.1, 0.15) is 0 Å². The Morgan fingerprint density at radius 2 is 1.86 bits per heavy atom. The Kier molecular flexibility index (Phi) is 13.8. The van der Waals surface area contributed by atoms with Gasteiger partial charge in [-0.2, -0.15) is 0 Å². The van der Waals surface area contributed by atoms with Crippen molar-refractivity contribution >= 4 is 9.52 Å². The molecule has 2 heteroatoms. The van der Waals surface area contributed by atoms with Gasteiger partial charge in [-0.25, -0.2) is 0 Å². The molecule has 0 bridgehead atoms. The Morgan fingerprint density at radius 3 is 2.00 bits per heavy atom. The summed E-state index contributed by atoms with van der Waals surface area (Å²) in [6.07, 6.45) is 1.42. The van der Waals surface area contributed by atoms with Crippen LogP contribution >= 0.6 is 0 Å². The number of hydrogen-bond acceptors (Lipinski definition) is 0. The Hall–Kier alpha value is 0.177. The minimum Gasteiger partial charge on any atom is -0.412 e. The van der Waals surface area contributed by atoms with Crippen molar-refractivity contribution in [1.29, 1.82) is 0 Å². The van der Waals surface area contributed by atoms with Crippen molar-refractivity contribution in [2.75, 3.05) is 0 Å². The topological polar surface area (TPSA) is 31.5 Å². The molecule has 46 valence electrons. The Morgan fingerprint density at radius 1 is 1.29 bits per heavy atom. The van der Waals surface area contributed by atoms with E-state index < -0.39 is 0 Å². The molecule has 2 N–H and O–H groups in total. The third kappa shape index (κ3) is 10.7. The van der Waals surface area contributed by atoms with Crippen molar-refractivity contribution in [2.24, 2.45) is 0 Å². The molecule has 7 heavy (non-hydrogen) atoms. The molecule has 0 aliphatic heterocycles. The van der Waals surface area contributed by atoms with E-state index in [9.17, 15) is 0 Å². The standard InChI is InChI=1S/C5H14Si.H2O/c1-3-5-6-4-2;/h3-6H2,1-2H3;1H2. The van der Waals surface area contributed by atoms with Gasteiger partial charge < -0.3 is 5.48 Å². The molecule has 0 unspecified atom stereocenters.